The van der Waals surface area contributed by atoms with Gasteiger partial charge in [0.05, 0.1) is 5.41 Å². The Morgan fingerprint density at radius 3 is 2.43 bits per heavy atom. The van der Waals surface area contributed by atoms with Crippen molar-refractivity contribution in [1.82, 2.24) is 9.80 Å². The monoisotopic (exact) mass is 382 g/mol. The predicted octanol–water partition coefficient (Wildman–Crippen LogP) is 4.14. The van der Waals surface area contributed by atoms with Crippen LogP contribution in [0.4, 0.5) is 0 Å². The Bertz CT molecular complexity index is 690. The number of likely N-dealkylation sites (tertiary alicyclic amines) is 1. The fourth-order valence-corrected chi connectivity index (χ4v) is 5.87. The van der Waals surface area contributed by atoms with E-state index in [9.17, 15) is 9.59 Å². The van der Waals surface area contributed by atoms with Gasteiger partial charge in [-0.25, -0.2) is 0 Å². The van der Waals surface area contributed by atoms with Crippen molar-refractivity contribution in [3.05, 3.63) is 35.9 Å². The molecule has 1 heterocycles. The molecule has 1 aliphatic heterocycles. The highest BCUT2D eigenvalue weighted by molar-refractivity contribution is 5.88. The van der Waals surface area contributed by atoms with Gasteiger partial charge in [-0.3, -0.25) is 9.59 Å². The van der Waals surface area contributed by atoms with E-state index in [1.807, 2.05) is 30.1 Å². The van der Waals surface area contributed by atoms with E-state index in [1.165, 1.54) is 24.8 Å². The number of likely N-dealkylation sites (N-methyl/N-ethyl adjacent to an activating group) is 1. The topological polar surface area (TPSA) is 40.6 Å². The number of carbonyl (C=O) groups excluding carboxylic acids is 2. The molecule has 28 heavy (non-hydrogen) atoms. The Morgan fingerprint density at radius 1 is 1.07 bits per heavy atom. The normalized spacial score (nSPS) is 25.2. The first-order valence-corrected chi connectivity index (χ1v) is 11.2. The van der Waals surface area contributed by atoms with E-state index < -0.39 is 0 Å². The molecular formula is C24H34N2O2. The molecule has 0 radical (unpaired) electrons. The summed E-state index contributed by atoms with van der Waals surface area (Å²) >= 11 is 0. The molecule has 2 saturated carbocycles. The zero-order valence-corrected chi connectivity index (χ0v) is 17.2. The van der Waals surface area contributed by atoms with Crippen LogP contribution in [0.15, 0.2) is 30.3 Å². The second kappa shape index (κ2) is 8.26. The summed E-state index contributed by atoms with van der Waals surface area (Å²) in [6.07, 6.45) is 10.8. The number of hydrogen-bond acceptors (Lipinski definition) is 2. The number of rotatable bonds is 5. The van der Waals surface area contributed by atoms with Gasteiger partial charge in [-0.15, -0.1) is 0 Å². The number of benzene rings is 1. The molecule has 0 bridgehead atoms. The summed E-state index contributed by atoms with van der Waals surface area (Å²) in [5.41, 5.74) is 0.795. The van der Waals surface area contributed by atoms with Crippen LogP contribution in [0.5, 0.6) is 0 Å². The van der Waals surface area contributed by atoms with E-state index in [0.717, 1.165) is 45.1 Å². The molecule has 0 aromatic heterocycles. The first kappa shape index (κ1) is 19.5. The van der Waals surface area contributed by atoms with Crippen LogP contribution in [-0.2, 0) is 15.0 Å². The summed E-state index contributed by atoms with van der Waals surface area (Å²) in [7, 11) is 1.95. The fourth-order valence-electron chi connectivity index (χ4n) is 5.87. The standard InChI is InChI=1S/C24H34N2O2/c1-25(17-19-16-22(27)26(18-19)21-12-6-7-13-21)23(28)24(14-8-3-9-15-24)20-10-4-2-5-11-20/h2,4-5,10-11,19,21H,3,6-9,12-18H2,1H3. The lowest BCUT2D eigenvalue weighted by atomic mass is 9.68. The Kier molecular flexibility index (Phi) is 5.75. The molecule has 4 heteroatoms. The van der Waals surface area contributed by atoms with E-state index in [2.05, 4.69) is 17.0 Å². The van der Waals surface area contributed by atoms with Gasteiger partial charge in [0.1, 0.15) is 0 Å². The molecule has 1 aromatic carbocycles. The van der Waals surface area contributed by atoms with Gasteiger partial charge in [-0.1, -0.05) is 62.4 Å². The highest BCUT2D eigenvalue weighted by atomic mass is 16.2. The summed E-state index contributed by atoms with van der Waals surface area (Å²) in [5.74, 6) is 0.830. The minimum atomic E-state index is -0.373. The van der Waals surface area contributed by atoms with Crippen molar-refractivity contribution in [3.63, 3.8) is 0 Å². The SMILES string of the molecule is CN(CC1CC(=O)N(C2CCCC2)C1)C(=O)C1(c2ccccc2)CCCCC1. The van der Waals surface area contributed by atoms with Crippen LogP contribution >= 0.6 is 0 Å². The Labute approximate surface area is 169 Å². The zero-order chi connectivity index (χ0) is 19.6. The summed E-state index contributed by atoms with van der Waals surface area (Å²) < 4.78 is 0. The van der Waals surface area contributed by atoms with Gasteiger partial charge in [0, 0.05) is 38.5 Å². The lowest BCUT2D eigenvalue weighted by molar-refractivity contribution is -0.138. The first-order valence-electron chi connectivity index (χ1n) is 11.2. The molecule has 1 unspecified atom stereocenters. The molecule has 3 aliphatic rings. The minimum absolute atomic E-state index is 0.255. The molecule has 0 spiro atoms. The first-order chi connectivity index (χ1) is 13.6. The van der Waals surface area contributed by atoms with Crippen LogP contribution in [0.25, 0.3) is 0 Å². The number of nitrogens with zero attached hydrogens (tertiary/aromatic N) is 2. The zero-order valence-electron chi connectivity index (χ0n) is 17.2. The van der Waals surface area contributed by atoms with E-state index in [4.69, 9.17) is 0 Å². The lowest BCUT2D eigenvalue weighted by Crippen LogP contribution is -2.48. The van der Waals surface area contributed by atoms with Crippen LogP contribution < -0.4 is 0 Å². The Morgan fingerprint density at radius 2 is 1.75 bits per heavy atom. The molecule has 152 valence electrons. The maximum absolute atomic E-state index is 13.7. The number of carbonyl (C=O) groups is 2. The van der Waals surface area contributed by atoms with Crippen molar-refractivity contribution < 1.29 is 9.59 Å². The molecule has 2 amide bonds. The van der Waals surface area contributed by atoms with Crippen LogP contribution in [0.1, 0.15) is 69.8 Å². The lowest BCUT2D eigenvalue weighted by Gasteiger charge is -2.39. The maximum atomic E-state index is 13.7. The second-order valence-electron chi connectivity index (χ2n) is 9.25. The van der Waals surface area contributed by atoms with Gasteiger partial charge < -0.3 is 9.80 Å². The van der Waals surface area contributed by atoms with E-state index in [-0.39, 0.29) is 17.2 Å². The molecular weight excluding hydrogens is 348 g/mol. The quantitative estimate of drug-likeness (QED) is 0.768. The Balaban J connectivity index is 1.45. The Hall–Kier alpha value is -1.84. The molecule has 1 saturated heterocycles. The fraction of sp³-hybridized carbons (Fsp3) is 0.667. The summed E-state index contributed by atoms with van der Waals surface area (Å²) in [6.45, 7) is 1.53. The smallest absolute Gasteiger partial charge is 0.232 e. The van der Waals surface area contributed by atoms with Crippen LogP contribution in [-0.4, -0.2) is 47.8 Å². The van der Waals surface area contributed by atoms with Gasteiger partial charge in [0.2, 0.25) is 11.8 Å². The average Bonchev–Trinajstić information content (AvgIpc) is 3.38. The van der Waals surface area contributed by atoms with Gasteiger partial charge in [0.15, 0.2) is 0 Å². The van der Waals surface area contributed by atoms with Gasteiger partial charge in [-0.2, -0.15) is 0 Å². The maximum Gasteiger partial charge on any atom is 0.232 e. The summed E-state index contributed by atoms with van der Waals surface area (Å²) in [5, 5.41) is 0. The van der Waals surface area contributed by atoms with Gasteiger partial charge in [0.25, 0.3) is 0 Å². The van der Waals surface area contributed by atoms with E-state index in [0.29, 0.717) is 24.9 Å². The highest BCUT2D eigenvalue weighted by Gasteiger charge is 2.44. The van der Waals surface area contributed by atoms with Gasteiger partial charge >= 0.3 is 0 Å². The second-order valence-corrected chi connectivity index (χ2v) is 9.25. The van der Waals surface area contributed by atoms with Gasteiger partial charge in [-0.05, 0) is 31.2 Å². The molecule has 0 N–H and O–H groups in total. The third-order valence-corrected chi connectivity index (χ3v) is 7.33. The third kappa shape index (κ3) is 3.70. The van der Waals surface area contributed by atoms with Crippen LogP contribution in [0.2, 0.25) is 0 Å². The summed E-state index contributed by atoms with van der Waals surface area (Å²) in [6, 6.07) is 10.8. The number of hydrogen-bond donors (Lipinski definition) is 0. The van der Waals surface area contributed by atoms with Crippen molar-refractivity contribution in [3.8, 4) is 0 Å². The largest absolute Gasteiger partial charge is 0.345 e. The van der Waals surface area contributed by atoms with Crippen LogP contribution in [0, 0.1) is 5.92 Å². The average molecular weight is 383 g/mol. The molecule has 2 aliphatic carbocycles. The summed E-state index contributed by atoms with van der Waals surface area (Å²) in [4.78, 5) is 30.2. The molecule has 4 nitrogen and oxygen atoms in total. The van der Waals surface area contributed by atoms with Crippen molar-refractivity contribution in [2.45, 2.75) is 75.7 Å². The van der Waals surface area contributed by atoms with E-state index >= 15 is 0 Å². The molecule has 4 rings (SSSR count). The molecule has 1 aromatic rings. The van der Waals surface area contributed by atoms with Crippen LogP contribution in [0.3, 0.4) is 0 Å². The third-order valence-electron chi connectivity index (χ3n) is 7.33. The predicted molar refractivity (Wildman–Crippen MR) is 111 cm³/mol. The van der Waals surface area contributed by atoms with E-state index in [1.54, 1.807) is 0 Å². The minimum Gasteiger partial charge on any atom is -0.345 e. The number of amides is 2. The van der Waals surface area contributed by atoms with Crippen molar-refractivity contribution in [1.29, 1.82) is 0 Å². The van der Waals surface area contributed by atoms with Crippen molar-refractivity contribution in [2.75, 3.05) is 20.1 Å². The molecule has 1 atom stereocenters. The molecule has 3 fully saturated rings. The van der Waals surface area contributed by atoms with Crippen molar-refractivity contribution in [2.24, 2.45) is 5.92 Å². The van der Waals surface area contributed by atoms with Crippen molar-refractivity contribution >= 4 is 11.8 Å². The highest BCUT2D eigenvalue weighted by Crippen LogP contribution is 2.41.